The molecule has 1 amide bonds. The Bertz CT molecular complexity index is 671. The number of aromatic hydroxyl groups is 1. The van der Waals surface area contributed by atoms with Gasteiger partial charge in [-0.15, -0.1) is 11.6 Å². The first-order valence-corrected chi connectivity index (χ1v) is 7.76. The summed E-state index contributed by atoms with van der Waals surface area (Å²) in [5.74, 6) is -0.219. The maximum atomic E-state index is 12.4. The van der Waals surface area contributed by atoms with Gasteiger partial charge in [0.15, 0.2) is 0 Å². The number of halogens is 1. The summed E-state index contributed by atoms with van der Waals surface area (Å²) in [6.45, 7) is 0. The summed E-state index contributed by atoms with van der Waals surface area (Å²) >= 11 is 6.27. The third kappa shape index (κ3) is 2.84. The van der Waals surface area contributed by atoms with Crippen LogP contribution in [0.1, 0.15) is 36.0 Å². The fourth-order valence-electron chi connectivity index (χ4n) is 2.93. The van der Waals surface area contributed by atoms with Crippen LogP contribution in [0, 0.1) is 0 Å². The van der Waals surface area contributed by atoms with Gasteiger partial charge in [0.25, 0.3) is 5.91 Å². The predicted molar refractivity (Wildman–Crippen MR) is 85.0 cm³/mol. The quantitative estimate of drug-likeness (QED) is 0.829. The van der Waals surface area contributed by atoms with Gasteiger partial charge < -0.3 is 10.4 Å². The molecule has 0 heterocycles. The van der Waals surface area contributed by atoms with Crippen LogP contribution in [0.2, 0.25) is 0 Å². The molecule has 0 spiro atoms. The molecule has 4 heteroatoms. The van der Waals surface area contributed by atoms with Crippen LogP contribution < -0.4 is 5.32 Å². The van der Waals surface area contributed by atoms with Gasteiger partial charge in [-0.3, -0.25) is 4.79 Å². The van der Waals surface area contributed by atoms with E-state index in [0.717, 1.165) is 31.1 Å². The van der Waals surface area contributed by atoms with Crippen LogP contribution in [0.15, 0.2) is 36.4 Å². The van der Waals surface area contributed by atoms with Crippen molar-refractivity contribution in [3.63, 3.8) is 0 Å². The van der Waals surface area contributed by atoms with Gasteiger partial charge in [0.1, 0.15) is 5.75 Å². The Morgan fingerprint density at radius 2 is 1.90 bits per heavy atom. The lowest BCUT2D eigenvalue weighted by Gasteiger charge is -2.28. The van der Waals surface area contributed by atoms with E-state index in [-0.39, 0.29) is 23.1 Å². The van der Waals surface area contributed by atoms with Crippen molar-refractivity contribution < 1.29 is 9.90 Å². The number of phenols is 1. The molecule has 0 saturated heterocycles. The van der Waals surface area contributed by atoms with Crippen molar-refractivity contribution in [2.24, 2.45) is 0 Å². The Labute approximate surface area is 128 Å². The third-order valence-corrected chi connectivity index (χ3v) is 4.67. The molecule has 0 bridgehead atoms. The first kappa shape index (κ1) is 14.2. The fourth-order valence-corrected chi connectivity index (χ4v) is 3.28. The number of carbonyl (C=O) groups is 1. The van der Waals surface area contributed by atoms with Gasteiger partial charge in [0, 0.05) is 11.4 Å². The molecule has 2 atom stereocenters. The Hall–Kier alpha value is -1.74. The molecule has 0 aliphatic heterocycles. The number of carbonyl (C=O) groups excluding carboxylic acids is 1. The molecule has 0 radical (unpaired) electrons. The number of amides is 1. The van der Waals surface area contributed by atoms with E-state index in [4.69, 9.17) is 11.6 Å². The molecule has 2 N–H and O–H groups in total. The molecule has 2 aromatic rings. The maximum absolute atomic E-state index is 12.4. The number of nitrogens with one attached hydrogen (secondary N) is 1. The Morgan fingerprint density at radius 3 is 2.71 bits per heavy atom. The van der Waals surface area contributed by atoms with Gasteiger partial charge in [-0.25, -0.2) is 0 Å². The van der Waals surface area contributed by atoms with Crippen LogP contribution in [0.25, 0.3) is 10.8 Å². The lowest BCUT2D eigenvalue weighted by Crippen LogP contribution is -2.42. The Kier molecular flexibility index (Phi) is 4.02. The van der Waals surface area contributed by atoms with E-state index in [1.807, 2.05) is 30.3 Å². The van der Waals surface area contributed by atoms with Crippen molar-refractivity contribution >= 4 is 28.3 Å². The molecule has 110 valence electrons. The normalized spacial score (nSPS) is 22.1. The standard InChI is InChI=1S/C17H18ClNO2/c18-14-7-3-4-8-15(14)19-17(21)13-10-9-11-5-1-2-6-12(11)16(13)20/h1-2,5-6,9-10,14-15,20H,3-4,7-8H2,(H,19,21). The average molecular weight is 304 g/mol. The first-order chi connectivity index (χ1) is 10.2. The summed E-state index contributed by atoms with van der Waals surface area (Å²) in [6.07, 6.45) is 4.02. The second-order valence-corrected chi connectivity index (χ2v) is 6.12. The zero-order valence-electron chi connectivity index (χ0n) is 11.7. The molecular weight excluding hydrogens is 286 g/mol. The summed E-state index contributed by atoms with van der Waals surface area (Å²) < 4.78 is 0. The number of benzene rings is 2. The molecule has 0 aromatic heterocycles. The average Bonchev–Trinajstić information content (AvgIpc) is 2.50. The maximum Gasteiger partial charge on any atom is 0.255 e. The molecule has 3 nitrogen and oxygen atoms in total. The van der Waals surface area contributed by atoms with E-state index in [2.05, 4.69) is 5.32 Å². The summed E-state index contributed by atoms with van der Waals surface area (Å²) in [4.78, 5) is 12.4. The minimum absolute atomic E-state index is 0.0150. The number of hydrogen-bond donors (Lipinski definition) is 2. The molecule has 1 aliphatic carbocycles. The topological polar surface area (TPSA) is 49.3 Å². The van der Waals surface area contributed by atoms with Crippen LogP contribution in [0.4, 0.5) is 0 Å². The van der Waals surface area contributed by atoms with E-state index in [1.165, 1.54) is 0 Å². The van der Waals surface area contributed by atoms with Gasteiger partial charge in [-0.2, -0.15) is 0 Å². The van der Waals surface area contributed by atoms with Crippen LogP contribution in [-0.4, -0.2) is 22.4 Å². The van der Waals surface area contributed by atoms with E-state index in [0.29, 0.717) is 10.9 Å². The van der Waals surface area contributed by atoms with Crippen LogP contribution in [-0.2, 0) is 0 Å². The van der Waals surface area contributed by atoms with E-state index >= 15 is 0 Å². The van der Waals surface area contributed by atoms with E-state index in [1.54, 1.807) is 6.07 Å². The summed E-state index contributed by atoms with van der Waals surface area (Å²) in [5.41, 5.74) is 0.308. The molecule has 1 fully saturated rings. The van der Waals surface area contributed by atoms with Gasteiger partial charge in [-0.1, -0.05) is 43.2 Å². The third-order valence-electron chi connectivity index (χ3n) is 4.14. The molecule has 1 saturated carbocycles. The second-order valence-electron chi connectivity index (χ2n) is 5.56. The van der Waals surface area contributed by atoms with Crippen molar-refractivity contribution in [2.45, 2.75) is 37.1 Å². The first-order valence-electron chi connectivity index (χ1n) is 7.32. The summed E-state index contributed by atoms with van der Waals surface area (Å²) in [7, 11) is 0. The molecule has 3 rings (SSSR count). The molecule has 2 aromatic carbocycles. The van der Waals surface area contributed by atoms with Crippen molar-refractivity contribution in [1.82, 2.24) is 5.32 Å². The summed E-state index contributed by atoms with van der Waals surface area (Å²) in [5, 5.41) is 14.9. The van der Waals surface area contributed by atoms with Crippen LogP contribution in [0.5, 0.6) is 5.75 Å². The highest BCUT2D eigenvalue weighted by atomic mass is 35.5. The molecular formula is C17H18ClNO2. The number of alkyl halides is 1. The molecule has 2 unspecified atom stereocenters. The zero-order valence-corrected chi connectivity index (χ0v) is 12.4. The van der Waals surface area contributed by atoms with Gasteiger partial charge in [0.2, 0.25) is 0 Å². The number of fused-ring (bicyclic) bond motifs is 1. The minimum Gasteiger partial charge on any atom is -0.506 e. The lowest BCUT2D eigenvalue weighted by atomic mass is 9.94. The molecule has 1 aliphatic rings. The van der Waals surface area contributed by atoms with E-state index in [9.17, 15) is 9.90 Å². The van der Waals surface area contributed by atoms with Crippen LogP contribution >= 0.6 is 11.6 Å². The zero-order chi connectivity index (χ0) is 14.8. The number of rotatable bonds is 2. The lowest BCUT2D eigenvalue weighted by molar-refractivity contribution is 0.0926. The monoisotopic (exact) mass is 303 g/mol. The highest BCUT2D eigenvalue weighted by molar-refractivity contribution is 6.21. The van der Waals surface area contributed by atoms with Crippen molar-refractivity contribution in [3.05, 3.63) is 42.0 Å². The molecule has 21 heavy (non-hydrogen) atoms. The number of phenolic OH excluding ortho intramolecular Hbond substituents is 1. The van der Waals surface area contributed by atoms with Crippen molar-refractivity contribution in [3.8, 4) is 5.75 Å². The SMILES string of the molecule is O=C(NC1CCCCC1Cl)c1ccc2ccccc2c1O. The van der Waals surface area contributed by atoms with Crippen LogP contribution in [0.3, 0.4) is 0 Å². The number of hydrogen-bond acceptors (Lipinski definition) is 2. The second kappa shape index (κ2) is 5.94. The van der Waals surface area contributed by atoms with Gasteiger partial charge in [-0.05, 0) is 24.3 Å². The van der Waals surface area contributed by atoms with Gasteiger partial charge in [0.05, 0.1) is 10.9 Å². The largest absolute Gasteiger partial charge is 0.506 e. The Balaban J connectivity index is 1.86. The highest BCUT2D eigenvalue weighted by Gasteiger charge is 2.26. The van der Waals surface area contributed by atoms with E-state index < -0.39 is 0 Å². The highest BCUT2D eigenvalue weighted by Crippen LogP contribution is 2.29. The Morgan fingerprint density at radius 1 is 1.14 bits per heavy atom. The van der Waals surface area contributed by atoms with Gasteiger partial charge >= 0.3 is 0 Å². The smallest absolute Gasteiger partial charge is 0.255 e. The van der Waals surface area contributed by atoms with Crippen molar-refractivity contribution in [1.29, 1.82) is 0 Å². The fraction of sp³-hybridized carbons (Fsp3) is 0.353. The minimum atomic E-state index is -0.254. The predicted octanol–water partition coefficient (Wildman–Crippen LogP) is 3.83. The van der Waals surface area contributed by atoms with Crippen molar-refractivity contribution in [2.75, 3.05) is 0 Å². The summed E-state index contributed by atoms with van der Waals surface area (Å²) in [6, 6.07) is 11.0.